The normalized spacial score (nSPS) is 33.5. The first-order chi connectivity index (χ1) is 24.3. The van der Waals surface area contributed by atoms with Crippen LogP contribution in [0.4, 0.5) is 11.4 Å². The molecule has 4 aliphatic carbocycles. The van der Waals surface area contributed by atoms with E-state index < -0.39 is 5.97 Å². The molecule has 0 heterocycles. The van der Waals surface area contributed by atoms with Gasteiger partial charge in [-0.25, -0.2) is 0 Å². The average Bonchev–Trinajstić information content (AvgIpc) is 3.43. The Kier molecular flexibility index (Phi) is 13.7. The van der Waals surface area contributed by atoms with Gasteiger partial charge in [0.25, 0.3) is 0 Å². The summed E-state index contributed by atoms with van der Waals surface area (Å²) >= 11 is 0. The number of Topliss-reactive ketones (excluding diaryl/α,β-unsaturated/α-hetero) is 1. The summed E-state index contributed by atoms with van der Waals surface area (Å²) in [6, 6.07) is 5.25. The van der Waals surface area contributed by atoms with Gasteiger partial charge in [0.05, 0.1) is 0 Å². The van der Waals surface area contributed by atoms with E-state index >= 15 is 0 Å². The standard InChI is InChI=1S/C46H76N2O3/c1-7-8-9-10-11-12-18-36(44(51)32-26-34(47)28-35(48)27-32)38(29-43(49)50)41-19-14-17-33-20-21-37-40-23-22-39(31(4)16-13-15-30(2)3)45(40,5)25-24-42(37)46(33,41)6/h26-28,30-31,33,36-42H,7-25,29,47-48H2,1-6H3,(H,49,50)/t31-,33?,36?,37+,38?,39-,40+,41?,42+,45-,46-/m1/s1. The van der Waals surface area contributed by atoms with Crippen LogP contribution in [0, 0.1) is 70.0 Å². The Morgan fingerprint density at radius 1 is 0.784 bits per heavy atom. The van der Waals surface area contributed by atoms with Crippen molar-refractivity contribution in [2.24, 2.45) is 70.0 Å². The van der Waals surface area contributed by atoms with Crippen LogP contribution >= 0.6 is 0 Å². The minimum atomic E-state index is -0.757. The Bertz CT molecular complexity index is 1290. The van der Waals surface area contributed by atoms with Gasteiger partial charge in [0.1, 0.15) is 0 Å². The van der Waals surface area contributed by atoms with Gasteiger partial charge in [-0.15, -0.1) is 0 Å². The van der Waals surface area contributed by atoms with Crippen molar-refractivity contribution in [3.63, 3.8) is 0 Å². The van der Waals surface area contributed by atoms with Crippen molar-refractivity contribution < 1.29 is 14.7 Å². The fourth-order valence-electron chi connectivity index (χ4n) is 13.6. The Morgan fingerprint density at radius 3 is 2.18 bits per heavy atom. The van der Waals surface area contributed by atoms with Crippen LogP contribution in [0.15, 0.2) is 18.2 Å². The number of carbonyl (C=O) groups is 2. The zero-order chi connectivity index (χ0) is 36.9. The van der Waals surface area contributed by atoms with Gasteiger partial charge in [0.2, 0.25) is 0 Å². The molecule has 4 fully saturated rings. The molecule has 4 aliphatic rings. The Morgan fingerprint density at radius 2 is 1.49 bits per heavy atom. The number of fused-ring (bicyclic) bond motifs is 5. The summed E-state index contributed by atoms with van der Waals surface area (Å²) in [5, 5.41) is 10.6. The number of anilines is 2. The zero-order valence-electron chi connectivity index (χ0n) is 33.6. The smallest absolute Gasteiger partial charge is 0.303 e. The number of carboxylic acid groups (broad SMARTS) is 1. The summed E-state index contributed by atoms with van der Waals surface area (Å²) < 4.78 is 0. The van der Waals surface area contributed by atoms with Gasteiger partial charge >= 0.3 is 5.97 Å². The van der Waals surface area contributed by atoms with Crippen molar-refractivity contribution in [2.75, 3.05) is 11.5 Å². The molecule has 0 amide bonds. The number of benzene rings is 1. The number of hydrogen-bond donors (Lipinski definition) is 3. The number of rotatable bonds is 18. The van der Waals surface area contributed by atoms with Crippen molar-refractivity contribution in [1.82, 2.24) is 0 Å². The van der Waals surface area contributed by atoms with Crippen molar-refractivity contribution >= 4 is 23.1 Å². The van der Waals surface area contributed by atoms with Crippen LogP contribution in [0.1, 0.15) is 180 Å². The molecule has 0 radical (unpaired) electrons. The zero-order valence-corrected chi connectivity index (χ0v) is 33.6. The largest absolute Gasteiger partial charge is 0.481 e. The number of ketones is 1. The number of unbranched alkanes of at least 4 members (excludes halogenated alkanes) is 5. The third-order valence-corrected chi connectivity index (χ3v) is 15.9. The molecule has 1 aromatic carbocycles. The minimum Gasteiger partial charge on any atom is -0.481 e. The second kappa shape index (κ2) is 17.4. The van der Waals surface area contributed by atoms with Crippen LogP contribution in [0.5, 0.6) is 0 Å². The van der Waals surface area contributed by atoms with Crippen LogP contribution in [0.25, 0.3) is 0 Å². The molecule has 11 atom stereocenters. The van der Waals surface area contributed by atoms with E-state index in [0.29, 0.717) is 34.2 Å². The molecule has 5 rings (SSSR count). The van der Waals surface area contributed by atoms with E-state index in [1.165, 1.54) is 89.9 Å². The molecule has 51 heavy (non-hydrogen) atoms. The topological polar surface area (TPSA) is 106 Å². The van der Waals surface area contributed by atoms with Gasteiger partial charge in [0.15, 0.2) is 5.78 Å². The number of carboxylic acids is 1. The number of nitrogen functional groups attached to an aromatic ring is 2. The molecule has 0 aliphatic heterocycles. The molecule has 288 valence electrons. The van der Waals surface area contributed by atoms with E-state index in [1.807, 2.05) is 0 Å². The summed E-state index contributed by atoms with van der Waals surface area (Å²) in [5.41, 5.74) is 14.5. The lowest BCUT2D eigenvalue weighted by atomic mass is 9.40. The third-order valence-electron chi connectivity index (χ3n) is 15.9. The molecule has 4 saturated carbocycles. The molecule has 0 aromatic heterocycles. The molecule has 4 unspecified atom stereocenters. The molecule has 1 aromatic rings. The van der Waals surface area contributed by atoms with Gasteiger partial charge in [-0.2, -0.15) is 0 Å². The first kappa shape index (κ1) is 40.2. The monoisotopic (exact) mass is 705 g/mol. The molecule has 0 spiro atoms. The van der Waals surface area contributed by atoms with Gasteiger partial charge in [-0.3, -0.25) is 9.59 Å². The van der Waals surface area contributed by atoms with Crippen molar-refractivity contribution in [2.45, 2.75) is 170 Å². The number of nitrogens with two attached hydrogens (primary N) is 2. The van der Waals surface area contributed by atoms with Crippen LogP contribution < -0.4 is 11.5 Å². The minimum absolute atomic E-state index is 0.0631. The maximum Gasteiger partial charge on any atom is 0.303 e. The highest BCUT2D eigenvalue weighted by Gasteiger charge is 2.63. The van der Waals surface area contributed by atoms with Gasteiger partial charge in [-0.1, -0.05) is 106 Å². The fraction of sp³-hybridized carbons (Fsp3) is 0.826. The Labute approximate surface area is 312 Å². The van der Waals surface area contributed by atoms with Gasteiger partial charge in [0, 0.05) is 29.3 Å². The van der Waals surface area contributed by atoms with Crippen molar-refractivity contribution in [3.8, 4) is 0 Å². The average molecular weight is 705 g/mol. The molecule has 5 N–H and O–H groups in total. The molecule has 5 heteroatoms. The van der Waals surface area contributed by atoms with Gasteiger partial charge < -0.3 is 16.6 Å². The highest BCUT2D eigenvalue weighted by atomic mass is 16.4. The number of carbonyl (C=O) groups excluding carboxylic acids is 1. The Balaban J connectivity index is 1.45. The van der Waals surface area contributed by atoms with Crippen LogP contribution in [0.2, 0.25) is 0 Å². The first-order valence-corrected chi connectivity index (χ1v) is 21.7. The summed E-state index contributed by atoms with van der Waals surface area (Å²) in [6.45, 7) is 14.8. The highest BCUT2D eigenvalue weighted by molar-refractivity contribution is 5.99. The van der Waals surface area contributed by atoms with Crippen LogP contribution in [0.3, 0.4) is 0 Å². The maximum atomic E-state index is 14.7. The maximum absolute atomic E-state index is 14.7. The first-order valence-electron chi connectivity index (χ1n) is 21.7. The van der Waals surface area contributed by atoms with Crippen LogP contribution in [-0.2, 0) is 4.79 Å². The third kappa shape index (κ3) is 8.69. The summed E-state index contributed by atoms with van der Waals surface area (Å²) in [7, 11) is 0. The van der Waals surface area contributed by atoms with E-state index in [0.717, 1.165) is 61.7 Å². The second-order valence-electron chi connectivity index (χ2n) is 19.3. The van der Waals surface area contributed by atoms with E-state index in [2.05, 4.69) is 41.5 Å². The predicted octanol–water partition coefficient (Wildman–Crippen LogP) is 12.2. The lowest BCUT2D eigenvalue weighted by molar-refractivity contribution is -0.160. The number of aliphatic carboxylic acids is 1. The summed E-state index contributed by atoms with van der Waals surface area (Å²) in [5.74, 6) is 4.20. The summed E-state index contributed by atoms with van der Waals surface area (Å²) in [4.78, 5) is 27.6. The quantitative estimate of drug-likeness (QED) is 0.0801. The molecule has 0 bridgehead atoms. The SMILES string of the molecule is CCCCCCCCC(C(=O)c1cc(N)cc(N)c1)C(CC(=O)O)C1CCCC2CC[C@@H]3[C@H](CC[C@]4(C)[C@@H]([C@H](C)CCCC(C)C)CC[C@@H]34)[C@]21C. The lowest BCUT2D eigenvalue weighted by Crippen LogP contribution is -2.58. The summed E-state index contributed by atoms with van der Waals surface area (Å²) in [6.07, 6.45) is 23.2. The molecular weight excluding hydrogens is 629 g/mol. The van der Waals surface area contributed by atoms with Gasteiger partial charge in [-0.05, 0) is 140 Å². The van der Waals surface area contributed by atoms with E-state index in [-0.39, 0.29) is 35.4 Å². The van der Waals surface area contributed by atoms with E-state index in [4.69, 9.17) is 11.5 Å². The van der Waals surface area contributed by atoms with Crippen LogP contribution in [-0.4, -0.2) is 16.9 Å². The molecule has 5 nitrogen and oxygen atoms in total. The Hall–Kier alpha value is -2.04. The van der Waals surface area contributed by atoms with Crippen molar-refractivity contribution in [1.29, 1.82) is 0 Å². The fourth-order valence-corrected chi connectivity index (χ4v) is 13.6. The van der Waals surface area contributed by atoms with Crippen molar-refractivity contribution in [3.05, 3.63) is 23.8 Å². The predicted molar refractivity (Wildman–Crippen MR) is 213 cm³/mol. The molecule has 0 saturated heterocycles. The number of hydrogen-bond acceptors (Lipinski definition) is 4. The van der Waals surface area contributed by atoms with E-state index in [9.17, 15) is 14.7 Å². The highest BCUT2D eigenvalue weighted by Crippen LogP contribution is 2.70. The van der Waals surface area contributed by atoms with E-state index in [1.54, 1.807) is 18.2 Å². The lowest BCUT2D eigenvalue weighted by Gasteiger charge is -2.64. The molecular formula is C46H76N2O3. The second-order valence-corrected chi connectivity index (χ2v) is 19.3.